The van der Waals surface area contributed by atoms with Crippen LogP contribution in [0, 0.1) is 0 Å². The van der Waals surface area contributed by atoms with E-state index in [4.69, 9.17) is 0 Å². The van der Waals surface area contributed by atoms with Crippen molar-refractivity contribution >= 4 is 0 Å². The van der Waals surface area contributed by atoms with Crippen molar-refractivity contribution in [1.29, 1.82) is 0 Å². The molecule has 0 nitrogen and oxygen atoms in total. The zero-order chi connectivity index (χ0) is 0. The van der Waals surface area contributed by atoms with Gasteiger partial charge in [-0.15, -0.1) is 0 Å². The minimum Gasteiger partial charge on any atom is 0 e. The maximum atomic E-state index is 0. The summed E-state index contributed by atoms with van der Waals surface area (Å²) in [6.45, 7) is 0. The van der Waals surface area contributed by atoms with Crippen LogP contribution in [0.5, 0.6) is 0 Å². The van der Waals surface area contributed by atoms with Crippen LogP contribution in [0.2, 0.25) is 0 Å². The average molecular weight is 293 g/mol. The minimum absolute atomic E-state index is 0. The molecular weight excluding hydrogens is 293 g/mol. The normalized spacial score (nSPS) is 0. The second-order valence-corrected chi connectivity index (χ2v) is 0. The SMILES string of the molecule is [Cd].[Cr].[Cu].[Zn]. The predicted octanol–water partition coefficient (Wildman–Crippen LogP) is -0.0100. The molecule has 0 aromatic heterocycles. The first kappa shape index (κ1) is 30.6. The van der Waals surface area contributed by atoms with Crippen molar-refractivity contribution in [2.75, 3.05) is 0 Å². The Balaban J connectivity index is 0. The molecule has 0 fully saturated rings. The molecule has 0 bridgehead atoms. The van der Waals surface area contributed by atoms with Gasteiger partial charge in [0.1, 0.15) is 0 Å². The first-order chi connectivity index (χ1) is 0. The molecule has 0 aromatic rings. The van der Waals surface area contributed by atoms with Crippen molar-refractivity contribution in [3.63, 3.8) is 0 Å². The molecule has 4 heteroatoms. The molecule has 0 spiro atoms. The van der Waals surface area contributed by atoms with Crippen LogP contribution in [0.4, 0.5) is 0 Å². The van der Waals surface area contributed by atoms with Gasteiger partial charge in [0.25, 0.3) is 0 Å². The molecule has 0 heterocycles. The van der Waals surface area contributed by atoms with E-state index in [-0.39, 0.29) is 81.2 Å². The van der Waals surface area contributed by atoms with Crippen molar-refractivity contribution < 1.29 is 81.2 Å². The Morgan fingerprint density at radius 3 is 1.00 bits per heavy atom. The minimum atomic E-state index is 0. The van der Waals surface area contributed by atoms with Gasteiger partial charge in [-0.2, -0.15) is 0 Å². The molecule has 0 unspecified atom stereocenters. The van der Waals surface area contributed by atoms with E-state index in [2.05, 4.69) is 0 Å². The average Bonchev–Trinajstić information content (AvgIpc) is 0. The largest absolute Gasteiger partial charge is 0 e. The van der Waals surface area contributed by atoms with E-state index in [1.54, 1.807) is 0 Å². The van der Waals surface area contributed by atoms with E-state index in [1.807, 2.05) is 0 Å². The predicted molar refractivity (Wildman–Crippen MR) is 0 cm³/mol. The summed E-state index contributed by atoms with van der Waals surface area (Å²) in [6, 6.07) is 0. The zero-order valence-corrected chi connectivity index (χ0v) is 11.3. The van der Waals surface area contributed by atoms with E-state index >= 15 is 0 Å². The quantitative estimate of drug-likeness (QED) is 0.551. The molecule has 0 amide bonds. The Hall–Kier alpha value is 2.60. The summed E-state index contributed by atoms with van der Waals surface area (Å²) in [4.78, 5) is 0. The smallest absolute Gasteiger partial charge is 0 e. The summed E-state index contributed by atoms with van der Waals surface area (Å²) >= 11 is 0. The molecule has 0 aliphatic carbocycles. The van der Waals surface area contributed by atoms with Crippen LogP contribution in [-0.4, -0.2) is 0 Å². The van der Waals surface area contributed by atoms with Gasteiger partial charge in [-0.05, 0) is 0 Å². The van der Waals surface area contributed by atoms with Crippen LogP contribution in [-0.2, 0) is 81.2 Å². The maximum absolute atomic E-state index is 0. The third-order valence-corrected chi connectivity index (χ3v) is 0. The van der Waals surface area contributed by atoms with Gasteiger partial charge in [0.05, 0.1) is 0 Å². The molecule has 1 radical (unpaired) electrons. The van der Waals surface area contributed by atoms with Crippen LogP contribution >= 0.6 is 0 Å². The third kappa shape index (κ3) is 8.82. The number of hydrogen-bond acceptors (Lipinski definition) is 0. The molecule has 0 aromatic carbocycles. The fourth-order valence-corrected chi connectivity index (χ4v) is 0. The number of hydrogen-bond donors (Lipinski definition) is 0. The van der Waals surface area contributed by atoms with Crippen molar-refractivity contribution in [2.45, 2.75) is 0 Å². The molecule has 0 N–H and O–H groups in total. The Bertz CT molecular complexity index is 8.00. The van der Waals surface area contributed by atoms with Gasteiger partial charge in [-0.1, -0.05) is 0 Å². The first-order valence-electron chi connectivity index (χ1n) is 0. The van der Waals surface area contributed by atoms with Crippen LogP contribution < -0.4 is 0 Å². The van der Waals surface area contributed by atoms with Crippen molar-refractivity contribution in [2.24, 2.45) is 0 Å². The third-order valence-electron chi connectivity index (χ3n) is 0. The molecule has 0 atom stereocenters. The van der Waals surface area contributed by atoms with Crippen LogP contribution in [0.3, 0.4) is 0 Å². The molecule has 21 valence electrons. The summed E-state index contributed by atoms with van der Waals surface area (Å²) in [6.07, 6.45) is 0. The van der Waals surface area contributed by atoms with Gasteiger partial charge in [0.2, 0.25) is 0 Å². The van der Waals surface area contributed by atoms with Crippen LogP contribution in [0.1, 0.15) is 0 Å². The van der Waals surface area contributed by atoms with Crippen LogP contribution in [0.25, 0.3) is 0 Å². The topological polar surface area (TPSA) is 0 Å². The molecule has 0 saturated carbocycles. The van der Waals surface area contributed by atoms with Gasteiger partial charge < -0.3 is 0 Å². The van der Waals surface area contributed by atoms with Gasteiger partial charge in [-0.25, -0.2) is 0 Å². The Kier molecular flexibility index (Phi) is 134. The Morgan fingerprint density at radius 2 is 1.00 bits per heavy atom. The molecule has 0 aliphatic rings. The Labute approximate surface area is 80.0 Å². The molecule has 0 rings (SSSR count). The summed E-state index contributed by atoms with van der Waals surface area (Å²) < 4.78 is 0. The number of rotatable bonds is 0. The summed E-state index contributed by atoms with van der Waals surface area (Å²) in [5.41, 5.74) is 0. The Morgan fingerprint density at radius 1 is 1.00 bits per heavy atom. The summed E-state index contributed by atoms with van der Waals surface area (Å²) in [7, 11) is 0. The zero-order valence-electron chi connectivity index (χ0n) is 2.12. The molecular formula is CdCrCuZn. The second-order valence-electron chi connectivity index (χ2n) is 0. The fraction of sp³-hybridized carbons (Fsp3) is 0. The van der Waals surface area contributed by atoms with E-state index in [9.17, 15) is 0 Å². The van der Waals surface area contributed by atoms with Gasteiger partial charge in [0.15, 0.2) is 0 Å². The van der Waals surface area contributed by atoms with Crippen molar-refractivity contribution in [1.82, 2.24) is 0 Å². The van der Waals surface area contributed by atoms with E-state index in [1.165, 1.54) is 0 Å². The van der Waals surface area contributed by atoms with Crippen molar-refractivity contribution in [3.8, 4) is 0 Å². The second kappa shape index (κ2) is 17.5. The van der Waals surface area contributed by atoms with Crippen LogP contribution in [0.15, 0.2) is 0 Å². The van der Waals surface area contributed by atoms with E-state index < -0.39 is 0 Å². The maximum Gasteiger partial charge on any atom is 0 e. The molecule has 0 aliphatic heterocycles. The van der Waals surface area contributed by atoms with E-state index in [0.29, 0.717) is 0 Å². The van der Waals surface area contributed by atoms with Gasteiger partial charge in [-0.3, -0.25) is 0 Å². The standard InChI is InChI=1S/Cd.Cr.Cu.Zn. The molecule has 0 saturated heterocycles. The van der Waals surface area contributed by atoms with Gasteiger partial charge >= 0.3 is 0 Å². The monoisotopic (exact) mass is 293 g/mol. The van der Waals surface area contributed by atoms with Crippen molar-refractivity contribution in [3.05, 3.63) is 0 Å². The van der Waals surface area contributed by atoms with E-state index in [0.717, 1.165) is 0 Å². The molecule has 4 heavy (non-hydrogen) atoms. The summed E-state index contributed by atoms with van der Waals surface area (Å²) in [5, 5.41) is 0. The summed E-state index contributed by atoms with van der Waals surface area (Å²) in [5.74, 6) is 0. The fourth-order valence-electron chi connectivity index (χ4n) is 0. The first-order valence-corrected chi connectivity index (χ1v) is 0. The van der Waals surface area contributed by atoms with Gasteiger partial charge in [0, 0.05) is 81.2 Å².